The first-order valence-corrected chi connectivity index (χ1v) is 12.0. The van der Waals surface area contributed by atoms with Gasteiger partial charge in [0.2, 0.25) is 5.91 Å². The number of carbonyl (C=O) groups excluding carboxylic acids is 3. The first kappa shape index (κ1) is 29.8. The summed E-state index contributed by atoms with van der Waals surface area (Å²) in [5.41, 5.74) is 0.836. The van der Waals surface area contributed by atoms with Crippen molar-refractivity contribution in [3.05, 3.63) is 41.7 Å². The van der Waals surface area contributed by atoms with Crippen molar-refractivity contribution in [2.24, 2.45) is 0 Å². The Kier molecular flexibility index (Phi) is 10.8. The van der Waals surface area contributed by atoms with Gasteiger partial charge in [-0.1, -0.05) is 42.8 Å². The Bertz CT molecular complexity index is 1140. The molecule has 3 amide bonds. The smallest absolute Gasteiger partial charge is 0.413 e. The maximum absolute atomic E-state index is 12.3. The number of nitrogens with one attached hydrogen (secondary N) is 4. The van der Waals surface area contributed by atoms with Crippen LogP contribution in [0.2, 0.25) is 0 Å². The van der Waals surface area contributed by atoms with Gasteiger partial charge in [-0.2, -0.15) is 0 Å². The van der Waals surface area contributed by atoms with Crippen molar-refractivity contribution >= 4 is 29.9 Å². The lowest BCUT2D eigenvalue weighted by Crippen LogP contribution is -2.48. The number of carbonyl (C=O) groups is 4. The van der Waals surface area contributed by atoms with E-state index in [4.69, 9.17) is 19.4 Å². The molecule has 0 radical (unpaired) electrons. The van der Waals surface area contributed by atoms with Crippen LogP contribution in [0.3, 0.4) is 0 Å². The number of ether oxygens (including phenoxy) is 2. The van der Waals surface area contributed by atoms with Crippen LogP contribution >= 0.6 is 0 Å². The third-order valence-corrected chi connectivity index (χ3v) is 4.81. The van der Waals surface area contributed by atoms with Crippen molar-refractivity contribution in [2.45, 2.75) is 58.6 Å². The van der Waals surface area contributed by atoms with Crippen LogP contribution in [0.4, 0.5) is 9.59 Å². The summed E-state index contributed by atoms with van der Waals surface area (Å²) in [6.07, 6.45) is -0.341. The number of carboxylic acid groups (broad SMARTS) is 1. The first-order valence-electron chi connectivity index (χ1n) is 12.0. The normalized spacial score (nSPS) is 11.7. The van der Waals surface area contributed by atoms with E-state index in [-0.39, 0.29) is 31.2 Å². The second-order valence-corrected chi connectivity index (χ2v) is 9.26. The number of aliphatic carboxylic acids is 1. The molecule has 1 atom stereocenters. The van der Waals surface area contributed by atoms with Gasteiger partial charge in [-0.05, 0) is 27.2 Å². The van der Waals surface area contributed by atoms with Crippen LogP contribution in [0.1, 0.15) is 51.9 Å². The van der Waals surface area contributed by atoms with Crippen molar-refractivity contribution in [3.63, 3.8) is 0 Å². The van der Waals surface area contributed by atoms with Gasteiger partial charge in [0.1, 0.15) is 28.9 Å². The highest BCUT2D eigenvalue weighted by molar-refractivity contribution is 6.04. The van der Waals surface area contributed by atoms with Gasteiger partial charge >= 0.3 is 18.2 Å². The molecular formula is C25H33N5O8. The maximum atomic E-state index is 12.3. The lowest BCUT2D eigenvalue weighted by Gasteiger charge is -2.19. The van der Waals surface area contributed by atoms with E-state index in [1.807, 2.05) is 6.92 Å². The van der Waals surface area contributed by atoms with Crippen molar-refractivity contribution < 1.29 is 38.3 Å². The quantitative estimate of drug-likeness (QED) is 0.165. The van der Waals surface area contributed by atoms with Gasteiger partial charge < -0.3 is 29.7 Å². The molecule has 0 aliphatic carbocycles. The SMILES string of the molecule is CCCCOC(=O)NC(CNC(=O)Cc1cc(-c2ccc(C(=N)NC(=O)OC(C)(C)C)cc2)no1)C(=O)O. The zero-order valence-electron chi connectivity index (χ0n) is 21.8. The minimum Gasteiger partial charge on any atom is -0.480 e. The standard InChI is InChI=1S/C25H33N5O8/c1-5-6-11-36-23(34)28-19(22(32)33)14-27-20(31)13-17-12-18(30-38-17)15-7-9-16(10-8-15)21(26)29-24(35)37-25(2,3)4/h7-10,12,19H,5-6,11,13-14H2,1-4H3,(H,27,31)(H,28,34)(H,32,33)(H2,26,29,35). The first-order chi connectivity index (χ1) is 17.9. The zero-order chi connectivity index (χ0) is 28.3. The average molecular weight is 532 g/mol. The lowest BCUT2D eigenvalue weighted by atomic mass is 10.1. The molecule has 13 nitrogen and oxygen atoms in total. The fourth-order valence-electron chi connectivity index (χ4n) is 2.95. The Morgan fingerprint density at radius 1 is 1.13 bits per heavy atom. The van der Waals surface area contributed by atoms with Crippen LogP contribution in [0.5, 0.6) is 0 Å². The highest BCUT2D eigenvalue weighted by Crippen LogP contribution is 2.20. The molecule has 1 aromatic heterocycles. The number of carboxylic acids is 1. The van der Waals surface area contributed by atoms with Gasteiger partial charge in [-0.3, -0.25) is 15.5 Å². The monoisotopic (exact) mass is 531 g/mol. The number of benzene rings is 1. The predicted octanol–water partition coefficient (Wildman–Crippen LogP) is 2.83. The molecule has 1 heterocycles. The summed E-state index contributed by atoms with van der Waals surface area (Å²) in [5, 5.41) is 28.2. The van der Waals surface area contributed by atoms with E-state index in [2.05, 4.69) is 21.1 Å². The number of amidine groups is 1. The Morgan fingerprint density at radius 2 is 1.82 bits per heavy atom. The highest BCUT2D eigenvalue weighted by Gasteiger charge is 2.22. The van der Waals surface area contributed by atoms with Crippen molar-refractivity contribution in [1.29, 1.82) is 5.41 Å². The van der Waals surface area contributed by atoms with Crippen LogP contribution in [0, 0.1) is 5.41 Å². The van der Waals surface area contributed by atoms with E-state index in [0.717, 1.165) is 6.42 Å². The molecule has 0 saturated heterocycles. The molecule has 206 valence electrons. The number of rotatable bonds is 11. The Morgan fingerprint density at radius 3 is 2.42 bits per heavy atom. The summed E-state index contributed by atoms with van der Waals surface area (Å²) in [7, 11) is 0. The van der Waals surface area contributed by atoms with Gasteiger partial charge in [0.25, 0.3) is 0 Å². The molecule has 0 aliphatic rings. The van der Waals surface area contributed by atoms with Crippen LogP contribution in [0.15, 0.2) is 34.9 Å². The van der Waals surface area contributed by atoms with Gasteiger partial charge in [0.15, 0.2) is 0 Å². The number of nitrogens with zero attached hydrogens (tertiary/aromatic N) is 1. The number of unbranched alkanes of at least 4 members (excludes halogenated alkanes) is 1. The minimum absolute atomic E-state index is 0.133. The van der Waals surface area contributed by atoms with Crippen molar-refractivity contribution in [1.82, 2.24) is 21.1 Å². The van der Waals surface area contributed by atoms with E-state index in [1.165, 1.54) is 0 Å². The van der Waals surface area contributed by atoms with Crippen molar-refractivity contribution in [2.75, 3.05) is 13.2 Å². The molecule has 0 aliphatic heterocycles. The Hall–Kier alpha value is -4.42. The fraction of sp³-hybridized carbons (Fsp3) is 0.440. The molecule has 5 N–H and O–H groups in total. The largest absolute Gasteiger partial charge is 0.480 e. The summed E-state index contributed by atoms with van der Waals surface area (Å²) >= 11 is 0. The summed E-state index contributed by atoms with van der Waals surface area (Å²) in [6.45, 7) is 6.91. The molecule has 0 bridgehead atoms. The van der Waals surface area contributed by atoms with E-state index in [1.54, 1.807) is 51.1 Å². The average Bonchev–Trinajstić information content (AvgIpc) is 3.28. The van der Waals surface area contributed by atoms with E-state index < -0.39 is 35.7 Å². The highest BCUT2D eigenvalue weighted by atomic mass is 16.6. The zero-order valence-corrected chi connectivity index (χ0v) is 21.8. The third kappa shape index (κ3) is 10.3. The number of amides is 3. The predicted molar refractivity (Wildman–Crippen MR) is 136 cm³/mol. The van der Waals surface area contributed by atoms with Gasteiger partial charge in [0, 0.05) is 23.7 Å². The molecule has 0 saturated carbocycles. The third-order valence-electron chi connectivity index (χ3n) is 4.81. The molecular weight excluding hydrogens is 498 g/mol. The number of aromatic nitrogens is 1. The van der Waals surface area contributed by atoms with Gasteiger partial charge in [-0.15, -0.1) is 0 Å². The lowest BCUT2D eigenvalue weighted by molar-refractivity contribution is -0.139. The van der Waals surface area contributed by atoms with Gasteiger partial charge in [-0.25, -0.2) is 14.4 Å². The molecule has 2 aromatic rings. The second kappa shape index (κ2) is 13.8. The number of hydrogen-bond donors (Lipinski definition) is 5. The summed E-state index contributed by atoms with van der Waals surface area (Å²) < 4.78 is 15.2. The van der Waals surface area contributed by atoms with Gasteiger partial charge in [0.05, 0.1) is 13.0 Å². The second-order valence-electron chi connectivity index (χ2n) is 9.26. The molecule has 0 spiro atoms. The summed E-state index contributed by atoms with van der Waals surface area (Å²) in [5.74, 6) is -1.75. The Labute approximate surface area is 219 Å². The van der Waals surface area contributed by atoms with Crippen LogP contribution in [-0.4, -0.2) is 65.0 Å². The van der Waals surface area contributed by atoms with E-state index >= 15 is 0 Å². The summed E-state index contributed by atoms with van der Waals surface area (Å²) in [6, 6.07) is 6.76. The van der Waals surface area contributed by atoms with Crippen LogP contribution in [-0.2, 0) is 25.5 Å². The van der Waals surface area contributed by atoms with Crippen LogP contribution < -0.4 is 16.0 Å². The minimum atomic E-state index is -1.36. The van der Waals surface area contributed by atoms with E-state index in [0.29, 0.717) is 23.2 Å². The molecule has 2 rings (SSSR count). The molecule has 1 unspecified atom stereocenters. The molecule has 0 fully saturated rings. The summed E-state index contributed by atoms with van der Waals surface area (Å²) in [4.78, 5) is 47.2. The van der Waals surface area contributed by atoms with Crippen LogP contribution in [0.25, 0.3) is 11.3 Å². The fourth-order valence-corrected chi connectivity index (χ4v) is 2.95. The molecule has 38 heavy (non-hydrogen) atoms. The maximum Gasteiger partial charge on any atom is 0.413 e. The molecule has 13 heteroatoms. The molecule has 1 aromatic carbocycles. The van der Waals surface area contributed by atoms with E-state index in [9.17, 15) is 24.3 Å². The van der Waals surface area contributed by atoms with Crippen molar-refractivity contribution in [3.8, 4) is 11.3 Å². The Balaban J connectivity index is 1.88. The topological polar surface area (TPSA) is 193 Å². The number of hydrogen-bond acceptors (Lipinski definition) is 9. The number of alkyl carbamates (subject to hydrolysis) is 2.